The molecule has 0 spiro atoms. The number of nitrogens with one attached hydrogen (secondary N) is 1. The van der Waals surface area contributed by atoms with Crippen molar-refractivity contribution in [1.82, 2.24) is 5.32 Å². The number of hydrogen-bond donors (Lipinski definition) is 1. The summed E-state index contributed by atoms with van der Waals surface area (Å²) < 4.78 is 1.16. The van der Waals surface area contributed by atoms with Crippen molar-refractivity contribution in [3.63, 3.8) is 0 Å². The highest BCUT2D eigenvalue weighted by molar-refractivity contribution is 9.10. The summed E-state index contributed by atoms with van der Waals surface area (Å²) in [6, 6.07) is 8.48. The van der Waals surface area contributed by atoms with E-state index in [2.05, 4.69) is 59.4 Å². The van der Waals surface area contributed by atoms with Gasteiger partial charge in [0.1, 0.15) is 0 Å². The second-order valence-electron chi connectivity index (χ2n) is 3.68. The molecule has 0 aliphatic rings. The molecule has 0 saturated heterocycles. The summed E-state index contributed by atoms with van der Waals surface area (Å²) in [4.78, 5) is 1.34. The van der Waals surface area contributed by atoms with Crippen LogP contribution in [0.15, 0.2) is 33.6 Å². The lowest BCUT2D eigenvalue weighted by atomic mass is 10.2. The van der Waals surface area contributed by atoms with E-state index >= 15 is 0 Å². The lowest BCUT2D eigenvalue weighted by Gasteiger charge is -2.11. The average Bonchev–Trinajstić information content (AvgIpc) is 2.23. The average molecular weight is 288 g/mol. The molecule has 3 heteroatoms. The molecule has 0 saturated carbocycles. The predicted molar refractivity (Wildman–Crippen MR) is 72.6 cm³/mol. The van der Waals surface area contributed by atoms with Crippen LogP contribution in [0.4, 0.5) is 0 Å². The van der Waals surface area contributed by atoms with Crippen LogP contribution in [0.5, 0.6) is 0 Å². The minimum absolute atomic E-state index is 0.717. The van der Waals surface area contributed by atoms with Crippen LogP contribution in [0.3, 0.4) is 0 Å². The Balaban J connectivity index is 2.30. The zero-order valence-electron chi connectivity index (χ0n) is 9.29. The third kappa shape index (κ3) is 5.59. The Bertz CT molecular complexity index is 291. The standard InChI is InChI=1S/C12H18BrNS/c1-3-14-8-10(2)9-15-12-6-4-5-11(13)7-12/h4-7,10,14H,3,8-9H2,1-2H3. The number of rotatable bonds is 6. The molecular weight excluding hydrogens is 270 g/mol. The van der Waals surface area contributed by atoms with Gasteiger partial charge in [-0.25, -0.2) is 0 Å². The Morgan fingerprint density at radius 3 is 2.93 bits per heavy atom. The molecule has 0 bridgehead atoms. The van der Waals surface area contributed by atoms with Crippen molar-refractivity contribution in [1.29, 1.82) is 0 Å². The Morgan fingerprint density at radius 1 is 1.47 bits per heavy atom. The van der Waals surface area contributed by atoms with E-state index in [1.54, 1.807) is 0 Å². The molecule has 1 rings (SSSR count). The van der Waals surface area contributed by atoms with E-state index in [0.29, 0.717) is 5.92 Å². The van der Waals surface area contributed by atoms with Gasteiger partial charge in [-0.1, -0.05) is 35.8 Å². The van der Waals surface area contributed by atoms with Gasteiger partial charge < -0.3 is 5.32 Å². The van der Waals surface area contributed by atoms with Crippen LogP contribution in [0, 0.1) is 5.92 Å². The van der Waals surface area contributed by atoms with Crippen molar-refractivity contribution in [2.24, 2.45) is 5.92 Å². The predicted octanol–water partition coefficient (Wildman–Crippen LogP) is 3.79. The lowest BCUT2D eigenvalue weighted by Crippen LogP contribution is -2.21. The maximum absolute atomic E-state index is 3.49. The van der Waals surface area contributed by atoms with Gasteiger partial charge in [0.05, 0.1) is 0 Å². The zero-order valence-corrected chi connectivity index (χ0v) is 11.7. The van der Waals surface area contributed by atoms with Crippen LogP contribution in [-0.2, 0) is 0 Å². The van der Waals surface area contributed by atoms with E-state index < -0.39 is 0 Å². The van der Waals surface area contributed by atoms with Crippen LogP contribution < -0.4 is 5.32 Å². The molecule has 0 aliphatic heterocycles. The minimum Gasteiger partial charge on any atom is -0.317 e. The first-order chi connectivity index (χ1) is 7.22. The van der Waals surface area contributed by atoms with Crippen LogP contribution in [0.25, 0.3) is 0 Å². The topological polar surface area (TPSA) is 12.0 Å². The second kappa shape index (κ2) is 7.31. The minimum atomic E-state index is 0.717. The largest absolute Gasteiger partial charge is 0.317 e. The molecule has 1 unspecified atom stereocenters. The number of thioether (sulfide) groups is 1. The third-order valence-corrected chi connectivity index (χ3v) is 3.89. The van der Waals surface area contributed by atoms with Crippen LogP contribution in [-0.4, -0.2) is 18.8 Å². The normalized spacial score (nSPS) is 12.7. The molecule has 0 amide bonds. The van der Waals surface area contributed by atoms with Gasteiger partial charge in [-0.05, 0) is 37.2 Å². The second-order valence-corrected chi connectivity index (χ2v) is 5.69. The molecular formula is C12H18BrNS. The fourth-order valence-corrected chi connectivity index (χ4v) is 2.78. The number of benzene rings is 1. The molecule has 1 nitrogen and oxygen atoms in total. The van der Waals surface area contributed by atoms with Crippen LogP contribution in [0.2, 0.25) is 0 Å². The highest BCUT2D eigenvalue weighted by Gasteiger charge is 2.02. The Labute approximate surface area is 105 Å². The van der Waals surface area contributed by atoms with Gasteiger partial charge in [0.2, 0.25) is 0 Å². The molecule has 84 valence electrons. The van der Waals surface area contributed by atoms with Gasteiger partial charge in [-0.15, -0.1) is 11.8 Å². The molecule has 15 heavy (non-hydrogen) atoms. The van der Waals surface area contributed by atoms with E-state index in [1.165, 1.54) is 10.6 Å². The van der Waals surface area contributed by atoms with E-state index in [0.717, 1.165) is 17.6 Å². The highest BCUT2D eigenvalue weighted by Crippen LogP contribution is 2.23. The zero-order chi connectivity index (χ0) is 11.1. The summed E-state index contributed by atoms with van der Waals surface area (Å²) in [6.07, 6.45) is 0. The number of hydrogen-bond acceptors (Lipinski definition) is 2. The first-order valence-corrected chi connectivity index (χ1v) is 7.09. The summed E-state index contributed by atoms with van der Waals surface area (Å²) in [7, 11) is 0. The molecule has 0 aliphatic carbocycles. The van der Waals surface area contributed by atoms with Crippen molar-refractivity contribution < 1.29 is 0 Å². The van der Waals surface area contributed by atoms with E-state index in [1.807, 2.05) is 11.8 Å². The molecule has 0 heterocycles. The summed E-state index contributed by atoms with van der Waals surface area (Å²) in [6.45, 7) is 6.60. The van der Waals surface area contributed by atoms with Crippen LogP contribution >= 0.6 is 27.7 Å². The van der Waals surface area contributed by atoms with Crippen molar-refractivity contribution >= 4 is 27.7 Å². The first-order valence-electron chi connectivity index (χ1n) is 5.31. The van der Waals surface area contributed by atoms with Gasteiger partial charge in [-0.2, -0.15) is 0 Å². The van der Waals surface area contributed by atoms with Crippen molar-refractivity contribution in [2.75, 3.05) is 18.8 Å². The van der Waals surface area contributed by atoms with Gasteiger partial charge in [0, 0.05) is 15.1 Å². The Morgan fingerprint density at radius 2 is 2.27 bits per heavy atom. The van der Waals surface area contributed by atoms with Gasteiger partial charge >= 0.3 is 0 Å². The fraction of sp³-hybridized carbons (Fsp3) is 0.500. The highest BCUT2D eigenvalue weighted by atomic mass is 79.9. The van der Waals surface area contributed by atoms with Crippen molar-refractivity contribution in [3.8, 4) is 0 Å². The molecule has 0 radical (unpaired) electrons. The van der Waals surface area contributed by atoms with E-state index in [4.69, 9.17) is 0 Å². The molecule has 1 N–H and O–H groups in total. The Hall–Kier alpha value is 0.01000. The van der Waals surface area contributed by atoms with E-state index in [9.17, 15) is 0 Å². The maximum atomic E-state index is 3.49. The molecule has 1 atom stereocenters. The summed E-state index contributed by atoms with van der Waals surface area (Å²) in [5.41, 5.74) is 0. The van der Waals surface area contributed by atoms with Crippen molar-refractivity contribution in [2.45, 2.75) is 18.7 Å². The molecule has 0 aromatic heterocycles. The molecule has 0 fully saturated rings. The summed E-state index contributed by atoms with van der Waals surface area (Å²) in [5.74, 6) is 1.89. The first kappa shape index (κ1) is 13.1. The molecule has 1 aromatic carbocycles. The SMILES string of the molecule is CCNCC(C)CSc1cccc(Br)c1. The smallest absolute Gasteiger partial charge is 0.0186 e. The van der Waals surface area contributed by atoms with Crippen LogP contribution in [0.1, 0.15) is 13.8 Å². The monoisotopic (exact) mass is 287 g/mol. The van der Waals surface area contributed by atoms with Crippen molar-refractivity contribution in [3.05, 3.63) is 28.7 Å². The molecule has 1 aromatic rings. The summed E-state index contributed by atoms with van der Waals surface area (Å²) in [5, 5.41) is 3.37. The quantitative estimate of drug-likeness (QED) is 0.799. The van der Waals surface area contributed by atoms with Gasteiger partial charge in [0.25, 0.3) is 0 Å². The van der Waals surface area contributed by atoms with Gasteiger partial charge in [0.15, 0.2) is 0 Å². The fourth-order valence-electron chi connectivity index (χ4n) is 1.24. The summed E-state index contributed by atoms with van der Waals surface area (Å²) >= 11 is 5.41. The third-order valence-electron chi connectivity index (χ3n) is 2.07. The lowest BCUT2D eigenvalue weighted by molar-refractivity contribution is 0.574. The van der Waals surface area contributed by atoms with E-state index in [-0.39, 0.29) is 0 Å². The Kier molecular flexibility index (Phi) is 6.37. The maximum Gasteiger partial charge on any atom is 0.0186 e. The number of halogens is 1. The van der Waals surface area contributed by atoms with Gasteiger partial charge in [-0.3, -0.25) is 0 Å².